The molecule has 0 saturated carbocycles. The Labute approximate surface area is 214 Å². The van der Waals surface area contributed by atoms with Gasteiger partial charge < -0.3 is 25.2 Å². The van der Waals surface area contributed by atoms with E-state index in [0.717, 1.165) is 24.0 Å². The quantitative estimate of drug-likeness (QED) is 0.297. The molecule has 1 fully saturated rings. The van der Waals surface area contributed by atoms with Crippen LogP contribution in [0.5, 0.6) is 11.5 Å². The zero-order valence-corrected chi connectivity index (χ0v) is 20.8. The standard InChI is InChI=1S/C26H29N9O2/c1-34(2)13-4-7-23(36)35-14-10-19(16-35)31-26-24-21(8-12-28-25(24)32-33-26)37-20-6-3-5-18(15-20)30-22-9-11-27-17-29-22/h3-9,11-12,15,17,19H,10,13-14,16H2,1-2H3,(H,27,29,30)(H2,28,31,32,33)/t19-/m1/s1. The van der Waals surface area contributed by atoms with E-state index in [0.29, 0.717) is 41.9 Å². The van der Waals surface area contributed by atoms with Crippen LogP contribution in [0.4, 0.5) is 17.3 Å². The summed E-state index contributed by atoms with van der Waals surface area (Å²) >= 11 is 0. The molecule has 1 aliphatic rings. The molecule has 11 heteroatoms. The van der Waals surface area contributed by atoms with Crippen molar-refractivity contribution in [2.24, 2.45) is 0 Å². The van der Waals surface area contributed by atoms with Gasteiger partial charge in [-0.25, -0.2) is 15.0 Å². The number of benzene rings is 1. The van der Waals surface area contributed by atoms with Crippen LogP contribution in [-0.2, 0) is 4.79 Å². The van der Waals surface area contributed by atoms with Crippen LogP contribution in [-0.4, -0.2) is 80.6 Å². The molecule has 0 bridgehead atoms. The Balaban J connectivity index is 1.29. The summed E-state index contributed by atoms with van der Waals surface area (Å²) in [6, 6.07) is 11.3. The Morgan fingerprint density at radius 2 is 2.16 bits per heavy atom. The zero-order chi connectivity index (χ0) is 25.6. The molecule has 1 saturated heterocycles. The van der Waals surface area contributed by atoms with Gasteiger partial charge in [-0.1, -0.05) is 12.1 Å². The van der Waals surface area contributed by atoms with Crippen LogP contribution in [0.2, 0.25) is 0 Å². The van der Waals surface area contributed by atoms with Crippen molar-refractivity contribution in [2.75, 3.05) is 44.4 Å². The predicted octanol–water partition coefficient (Wildman–Crippen LogP) is 3.41. The summed E-state index contributed by atoms with van der Waals surface area (Å²) in [5.41, 5.74) is 1.45. The molecule has 0 aliphatic carbocycles. The summed E-state index contributed by atoms with van der Waals surface area (Å²) in [5, 5.41) is 14.9. The Hall–Kier alpha value is -4.51. The molecule has 5 rings (SSSR count). The lowest BCUT2D eigenvalue weighted by Gasteiger charge is -2.16. The third-order valence-electron chi connectivity index (χ3n) is 5.91. The minimum atomic E-state index is 0.0270. The number of amides is 1. The monoisotopic (exact) mass is 499 g/mol. The van der Waals surface area contributed by atoms with E-state index >= 15 is 0 Å². The molecule has 37 heavy (non-hydrogen) atoms. The second-order valence-corrected chi connectivity index (χ2v) is 9.03. The molecule has 0 unspecified atom stereocenters. The number of rotatable bonds is 9. The van der Waals surface area contributed by atoms with Crippen molar-refractivity contribution in [1.29, 1.82) is 0 Å². The van der Waals surface area contributed by atoms with Crippen molar-refractivity contribution in [3.63, 3.8) is 0 Å². The normalized spacial score (nSPS) is 15.5. The number of nitrogens with one attached hydrogen (secondary N) is 3. The number of carbonyl (C=O) groups excluding carboxylic acids is 1. The second kappa shape index (κ2) is 11.0. The van der Waals surface area contributed by atoms with E-state index in [1.165, 1.54) is 6.33 Å². The maximum Gasteiger partial charge on any atom is 0.246 e. The lowest BCUT2D eigenvalue weighted by Crippen LogP contribution is -2.30. The summed E-state index contributed by atoms with van der Waals surface area (Å²) in [6.07, 6.45) is 9.21. The van der Waals surface area contributed by atoms with Gasteiger partial charge >= 0.3 is 0 Å². The first-order chi connectivity index (χ1) is 18.0. The summed E-state index contributed by atoms with van der Waals surface area (Å²) in [5.74, 6) is 2.64. The number of H-pyrrole nitrogens is 1. The van der Waals surface area contributed by atoms with Gasteiger partial charge in [-0.2, -0.15) is 5.10 Å². The number of nitrogens with zero attached hydrogens (tertiary/aromatic N) is 6. The number of hydrogen-bond donors (Lipinski definition) is 3. The Morgan fingerprint density at radius 3 is 3.00 bits per heavy atom. The van der Waals surface area contributed by atoms with Gasteiger partial charge in [0.15, 0.2) is 11.5 Å². The second-order valence-electron chi connectivity index (χ2n) is 9.03. The first-order valence-electron chi connectivity index (χ1n) is 12.1. The van der Waals surface area contributed by atoms with Crippen molar-refractivity contribution in [2.45, 2.75) is 12.5 Å². The number of aromatic amines is 1. The van der Waals surface area contributed by atoms with Crippen molar-refractivity contribution in [3.05, 3.63) is 67.3 Å². The van der Waals surface area contributed by atoms with Gasteiger partial charge in [0.25, 0.3) is 0 Å². The number of pyridine rings is 1. The van der Waals surface area contributed by atoms with Crippen LogP contribution >= 0.6 is 0 Å². The molecule has 190 valence electrons. The van der Waals surface area contributed by atoms with Crippen LogP contribution in [0.15, 0.2) is 67.3 Å². The van der Waals surface area contributed by atoms with E-state index in [4.69, 9.17) is 4.74 Å². The molecule has 3 N–H and O–H groups in total. The van der Waals surface area contributed by atoms with Crippen LogP contribution in [0.25, 0.3) is 11.0 Å². The highest BCUT2D eigenvalue weighted by Crippen LogP contribution is 2.34. The maximum atomic E-state index is 12.5. The van der Waals surface area contributed by atoms with E-state index in [1.54, 1.807) is 24.5 Å². The molecular formula is C26H29N9O2. The molecule has 3 aromatic heterocycles. The number of fused-ring (bicyclic) bond motifs is 1. The largest absolute Gasteiger partial charge is 0.456 e. The molecule has 4 aromatic rings. The molecule has 11 nitrogen and oxygen atoms in total. The van der Waals surface area contributed by atoms with E-state index in [-0.39, 0.29) is 11.9 Å². The average molecular weight is 500 g/mol. The third kappa shape index (κ3) is 6.01. The smallest absolute Gasteiger partial charge is 0.246 e. The molecule has 4 heterocycles. The lowest BCUT2D eigenvalue weighted by atomic mass is 10.2. The minimum Gasteiger partial charge on any atom is -0.456 e. The maximum absolute atomic E-state index is 12.5. The average Bonchev–Trinajstić information content (AvgIpc) is 3.53. The van der Waals surface area contributed by atoms with Gasteiger partial charge in [0.1, 0.15) is 29.0 Å². The fraction of sp³-hybridized carbons (Fsp3) is 0.269. The third-order valence-corrected chi connectivity index (χ3v) is 5.91. The molecule has 1 atom stereocenters. The number of hydrogen-bond acceptors (Lipinski definition) is 9. The van der Waals surface area contributed by atoms with Gasteiger partial charge in [-0.3, -0.25) is 9.89 Å². The molecular weight excluding hydrogens is 470 g/mol. The van der Waals surface area contributed by atoms with Crippen molar-refractivity contribution in [1.82, 2.24) is 34.9 Å². The zero-order valence-electron chi connectivity index (χ0n) is 20.8. The Bertz CT molecular complexity index is 1390. The summed E-state index contributed by atoms with van der Waals surface area (Å²) in [4.78, 5) is 28.9. The van der Waals surface area contributed by atoms with Gasteiger partial charge in [-0.15, -0.1) is 0 Å². The summed E-state index contributed by atoms with van der Waals surface area (Å²) in [6.45, 7) is 2.03. The SMILES string of the molecule is CN(C)CC=CC(=O)N1CC[C@@H](Nc2n[nH]c3nccc(Oc4cccc(Nc5ccncn5)c4)c23)C1. The molecule has 1 aliphatic heterocycles. The molecule has 1 aromatic carbocycles. The highest BCUT2D eigenvalue weighted by atomic mass is 16.5. The van der Waals surface area contributed by atoms with Crippen LogP contribution in [0, 0.1) is 0 Å². The topological polar surface area (TPSA) is 124 Å². The number of likely N-dealkylation sites (N-methyl/N-ethyl adjacent to an activating group) is 1. The molecule has 1 amide bonds. The molecule has 0 radical (unpaired) electrons. The number of anilines is 3. The van der Waals surface area contributed by atoms with Crippen LogP contribution in [0.1, 0.15) is 6.42 Å². The number of ether oxygens (including phenoxy) is 1. The Morgan fingerprint density at radius 1 is 1.24 bits per heavy atom. The first kappa shape index (κ1) is 24.2. The van der Waals surface area contributed by atoms with Crippen LogP contribution in [0.3, 0.4) is 0 Å². The fourth-order valence-corrected chi connectivity index (χ4v) is 4.13. The van der Waals surface area contributed by atoms with Crippen molar-refractivity contribution >= 4 is 34.3 Å². The Kier molecular flexibility index (Phi) is 7.22. The summed E-state index contributed by atoms with van der Waals surface area (Å²) < 4.78 is 6.27. The van der Waals surface area contributed by atoms with Crippen molar-refractivity contribution < 1.29 is 9.53 Å². The number of carbonyl (C=O) groups is 1. The predicted molar refractivity (Wildman–Crippen MR) is 142 cm³/mol. The van der Waals surface area contributed by atoms with E-state index in [9.17, 15) is 4.79 Å². The van der Waals surface area contributed by atoms with Gasteiger partial charge in [-0.05, 0) is 38.7 Å². The minimum absolute atomic E-state index is 0.0270. The van der Waals surface area contributed by atoms with E-state index in [2.05, 4.69) is 35.8 Å². The van der Waals surface area contributed by atoms with Crippen molar-refractivity contribution in [3.8, 4) is 11.5 Å². The van der Waals surface area contributed by atoms with E-state index < -0.39 is 0 Å². The van der Waals surface area contributed by atoms with Gasteiger partial charge in [0, 0.05) is 62.0 Å². The summed E-state index contributed by atoms with van der Waals surface area (Å²) in [7, 11) is 3.94. The number of aromatic nitrogens is 5. The number of likely N-dealkylation sites (tertiary alicyclic amines) is 1. The lowest BCUT2D eigenvalue weighted by molar-refractivity contribution is -0.125. The molecule has 0 spiro atoms. The highest BCUT2D eigenvalue weighted by Gasteiger charge is 2.26. The van der Waals surface area contributed by atoms with Gasteiger partial charge in [0.05, 0.1) is 0 Å². The highest BCUT2D eigenvalue weighted by molar-refractivity contribution is 5.93. The van der Waals surface area contributed by atoms with Crippen LogP contribution < -0.4 is 15.4 Å². The van der Waals surface area contributed by atoms with E-state index in [1.807, 2.05) is 60.3 Å². The fourth-order valence-electron chi connectivity index (χ4n) is 4.13. The van der Waals surface area contributed by atoms with Gasteiger partial charge in [0.2, 0.25) is 5.91 Å². The first-order valence-corrected chi connectivity index (χ1v) is 12.1.